The van der Waals surface area contributed by atoms with Crippen molar-refractivity contribution in [2.75, 3.05) is 11.9 Å². The molecule has 31 heavy (non-hydrogen) atoms. The molecule has 2 aromatic carbocycles. The summed E-state index contributed by atoms with van der Waals surface area (Å²) in [4.78, 5) is 8.82. The van der Waals surface area contributed by atoms with E-state index in [1.54, 1.807) is 6.33 Å². The Morgan fingerprint density at radius 2 is 1.61 bits per heavy atom. The minimum absolute atomic E-state index is 0.274. The summed E-state index contributed by atoms with van der Waals surface area (Å²) in [6.07, 6.45) is 9.03. The fourth-order valence-corrected chi connectivity index (χ4v) is 3.74. The monoisotopic (exact) mass is 411 g/mol. The quantitative estimate of drug-likeness (QED) is 0.337. The lowest BCUT2D eigenvalue weighted by Gasteiger charge is -2.10. The van der Waals surface area contributed by atoms with Crippen molar-refractivity contribution in [3.8, 4) is 0 Å². The van der Waals surface area contributed by atoms with E-state index in [1.807, 2.05) is 10.9 Å². The fraction of sp³-hybridized carbons (Fsp3) is 0.269. The first-order valence-corrected chi connectivity index (χ1v) is 11.0. The summed E-state index contributed by atoms with van der Waals surface area (Å²) in [7, 11) is 0. The van der Waals surface area contributed by atoms with Gasteiger partial charge >= 0.3 is 0 Å². The number of benzene rings is 2. The van der Waals surface area contributed by atoms with Crippen LogP contribution in [-0.2, 0) is 0 Å². The molecular weight excluding hydrogens is 382 g/mol. The van der Waals surface area contributed by atoms with Gasteiger partial charge in [0.2, 0.25) is 0 Å². The number of hydrogen-bond donors (Lipinski definition) is 1. The highest BCUT2D eigenvalue weighted by atomic mass is 15.3. The first-order chi connectivity index (χ1) is 15.2. The predicted molar refractivity (Wildman–Crippen MR) is 128 cm³/mol. The van der Waals surface area contributed by atoms with E-state index >= 15 is 0 Å². The van der Waals surface area contributed by atoms with Crippen molar-refractivity contribution in [2.24, 2.45) is 0 Å². The fourth-order valence-electron chi connectivity index (χ4n) is 3.74. The van der Waals surface area contributed by atoms with Crippen molar-refractivity contribution in [3.63, 3.8) is 0 Å². The summed E-state index contributed by atoms with van der Waals surface area (Å²) in [5, 5.41) is 8.90. The lowest BCUT2D eigenvalue weighted by Crippen LogP contribution is -2.06. The van der Waals surface area contributed by atoms with Gasteiger partial charge < -0.3 is 5.32 Å². The summed E-state index contributed by atoms with van der Waals surface area (Å²) in [5.74, 6) is 0.863. The average molecular weight is 412 g/mol. The highest BCUT2D eigenvalue weighted by Crippen LogP contribution is 2.24. The summed E-state index contributed by atoms with van der Waals surface area (Å²) >= 11 is 0. The van der Waals surface area contributed by atoms with Crippen LogP contribution in [0.5, 0.6) is 0 Å². The molecular formula is C26H29N5. The van der Waals surface area contributed by atoms with Crippen molar-refractivity contribution < 1.29 is 0 Å². The van der Waals surface area contributed by atoms with Crippen LogP contribution in [0.2, 0.25) is 0 Å². The van der Waals surface area contributed by atoms with Gasteiger partial charge in [-0.1, -0.05) is 66.7 Å². The Morgan fingerprint density at radius 1 is 0.935 bits per heavy atom. The van der Waals surface area contributed by atoms with Gasteiger partial charge in [-0.05, 0) is 49.8 Å². The van der Waals surface area contributed by atoms with Crippen molar-refractivity contribution in [3.05, 3.63) is 90.4 Å². The molecule has 0 bridgehead atoms. The van der Waals surface area contributed by atoms with E-state index in [0.717, 1.165) is 42.7 Å². The van der Waals surface area contributed by atoms with E-state index in [9.17, 15) is 0 Å². The van der Waals surface area contributed by atoms with Gasteiger partial charge in [0.1, 0.15) is 12.1 Å². The molecule has 0 saturated carbocycles. The topological polar surface area (TPSA) is 55.6 Å². The second-order valence-electron chi connectivity index (χ2n) is 7.91. The van der Waals surface area contributed by atoms with Crippen LogP contribution < -0.4 is 5.32 Å². The van der Waals surface area contributed by atoms with Gasteiger partial charge in [0.25, 0.3) is 0 Å². The van der Waals surface area contributed by atoms with Gasteiger partial charge in [-0.2, -0.15) is 5.10 Å². The highest BCUT2D eigenvalue weighted by molar-refractivity contribution is 5.86. The molecule has 0 fully saturated rings. The number of nitrogens with one attached hydrogen (secondary N) is 1. The minimum Gasteiger partial charge on any atom is -0.369 e. The molecule has 4 aromatic rings. The smallest absolute Gasteiger partial charge is 0.163 e. The number of hydrogen-bond acceptors (Lipinski definition) is 4. The van der Waals surface area contributed by atoms with Crippen LogP contribution in [0.4, 0.5) is 5.82 Å². The third kappa shape index (κ3) is 5.00. The largest absolute Gasteiger partial charge is 0.369 e. The average Bonchev–Trinajstić information content (AvgIpc) is 3.25. The van der Waals surface area contributed by atoms with Crippen LogP contribution in [0.25, 0.3) is 16.6 Å². The molecule has 0 amide bonds. The summed E-state index contributed by atoms with van der Waals surface area (Å²) in [6, 6.07) is 21.5. The highest BCUT2D eigenvalue weighted by Gasteiger charge is 2.11. The zero-order valence-electron chi connectivity index (χ0n) is 18.2. The second-order valence-corrected chi connectivity index (χ2v) is 7.91. The number of allylic oxidation sites excluding steroid dienone is 1. The van der Waals surface area contributed by atoms with Crippen LogP contribution in [-0.4, -0.2) is 26.3 Å². The van der Waals surface area contributed by atoms with Crippen LogP contribution >= 0.6 is 0 Å². The van der Waals surface area contributed by atoms with Crippen LogP contribution in [0, 0.1) is 0 Å². The molecule has 5 heteroatoms. The Kier molecular flexibility index (Phi) is 6.72. The predicted octanol–water partition coefficient (Wildman–Crippen LogP) is 6.12. The zero-order valence-corrected chi connectivity index (χ0v) is 18.2. The Hall–Kier alpha value is -3.47. The van der Waals surface area contributed by atoms with Crippen molar-refractivity contribution in [1.82, 2.24) is 19.7 Å². The molecule has 0 aliphatic rings. The molecule has 5 nitrogen and oxygen atoms in total. The van der Waals surface area contributed by atoms with Crippen LogP contribution in [0.3, 0.4) is 0 Å². The zero-order chi connectivity index (χ0) is 21.5. The molecule has 0 radical (unpaired) electrons. The molecule has 2 aromatic heterocycles. The Labute approximate surface area is 183 Å². The van der Waals surface area contributed by atoms with Crippen molar-refractivity contribution >= 4 is 22.4 Å². The first-order valence-electron chi connectivity index (χ1n) is 11.0. The molecule has 1 N–H and O–H groups in total. The van der Waals surface area contributed by atoms with Gasteiger partial charge in [0, 0.05) is 12.6 Å². The summed E-state index contributed by atoms with van der Waals surface area (Å²) in [6.45, 7) is 5.08. The lowest BCUT2D eigenvalue weighted by atomic mass is 9.96. The van der Waals surface area contributed by atoms with E-state index in [1.165, 1.54) is 16.7 Å². The van der Waals surface area contributed by atoms with E-state index in [0.29, 0.717) is 0 Å². The maximum absolute atomic E-state index is 4.46. The molecule has 0 aliphatic carbocycles. The first kappa shape index (κ1) is 20.8. The molecule has 4 rings (SSSR count). The maximum Gasteiger partial charge on any atom is 0.163 e. The van der Waals surface area contributed by atoms with Crippen LogP contribution in [0.15, 0.2) is 79.3 Å². The molecule has 2 heterocycles. The Balaban J connectivity index is 1.36. The number of unbranched alkanes of at least 4 members (excludes halogenated alkanes) is 2. The Bertz CT molecular complexity index is 1090. The van der Waals surface area contributed by atoms with E-state index in [-0.39, 0.29) is 6.04 Å². The maximum atomic E-state index is 4.46. The number of rotatable bonds is 9. The number of anilines is 1. The molecule has 0 aliphatic heterocycles. The third-order valence-electron chi connectivity index (χ3n) is 5.32. The molecule has 0 unspecified atom stereocenters. The number of aromatic nitrogens is 4. The van der Waals surface area contributed by atoms with Crippen LogP contribution in [0.1, 0.15) is 50.3 Å². The second kappa shape index (κ2) is 10.0. The van der Waals surface area contributed by atoms with Crippen molar-refractivity contribution in [2.45, 2.75) is 39.2 Å². The normalized spacial score (nSPS) is 11.1. The van der Waals surface area contributed by atoms with E-state index < -0.39 is 0 Å². The van der Waals surface area contributed by atoms with Crippen molar-refractivity contribution in [1.29, 1.82) is 0 Å². The number of nitrogens with zero attached hydrogens (tertiary/aromatic N) is 4. The summed E-state index contributed by atoms with van der Waals surface area (Å²) in [5.41, 5.74) is 4.70. The van der Waals surface area contributed by atoms with Gasteiger partial charge in [0.05, 0.1) is 11.6 Å². The lowest BCUT2D eigenvalue weighted by molar-refractivity contribution is 0.546. The van der Waals surface area contributed by atoms with Gasteiger partial charge in [0.15, 0.2) is 5.65 Å². The third-order valence-corrected chi connectivity index (χ3v) is 5.32. The molecule has 0 spiro atoms. The standard InChI is InChI=1S/C26H29N5/c1-20(2)31-26-24(18-30-31)25(28-19-29-26)27-17-11-5-10-16-23(21-12-6-3-7-13-21)22-14-8-4-9-15-22/h3-4,6-9,12-16,18-20H,5,10-11,17H2,1-2H3,(H,27,28,29). The summed E-state index contributed by atoms with van der Waals surface area (Å²) < 4.78 is 1.93. The van der Waals surface area contributed by atoms with Gasteiger partial charge in [-0.3, -0.25) is 0 Å². The molecule has 0 saturated heterocycles. The SMILES string of the molecule is CC(C)n1ncc2c(NCCCCC=C(c3ccccc3)c3ccccc3)ncnc21. The molecule has 158 valence electrons. The van der Waals surface area contributed by atoms with E-state index in [4.69, 9.17) is 0 Å². The minimum atomic E-state index is 0.274. The molecule has 0 atom stereocenters. The Morgan fingerprint density at radius 3 is 2.26 bits per heavy atom. The van der Waals surface area contributed by atoms with E-state index in [2.05, 4.69) is 101 Å². The number of fused-ring (bicyclic) bond motifs is 1. The van der Waals surface area contributed by atoms with Gasteiger partial charge in [-0.25, -0.2) is 14.6 Å². The van der Waals surface area contributed by atoms with Gasteiger partial charge in [-0.15, -0.1) is 0 Å².